The Bertz CT molecular complexity index is 321. The molecule has 3 heteroatoms. The number of hydrogen-bond donors (Lipinski definition) is 2. The van der Waals surface area contributed by atoms with E-state index in [0.717, 1.165) is 16.8 Å². The molecule has 1 rings (SSSR count). The molecule has 0 spiro atoms. The second-order valence-electron chi connectivity index (χ2n) is 3.17. The maximum absolute atomic E-state index is 10.5. The fourth-order valence-electron chi connectivity index (χ4n) is 1.20. The van der Waals surface area contributed by atoms with Gasteiger partial charge in [-0.3, -0.25) is 4.79 Å². The monoisotopic (exact) mass is 178 g/mol. The van der Waals surface area contributed by atoms with Gasteiger partial charge in [0.1, 0.15) is 0 Å². The standard InChI is InChI=1S/C10H14N2O/c1-7-2-3-8(9(11)6-7)4-5-10(12)13/h2-3,6H,4-5,11H2,1H3,(H2,12,13). The van der Waals surface area contributed by atoms with Crippen molar-refractivity contribution in [1.29, 1.82) is 0 Å². The number of carbonyl (C=O) groups is 1. The van der Waals surface area contributed by atoms with Gasteiger partial charge in [-0.2, -0.15) is 0 Å². The number of hydrogen-bond acceptors (Lipinski definition) is 2. The fraction of sp³-hybridized carbons (Fsp3) is 0.300. The molecular formula is C10H14N2O. The number of nitrogen functional groups attached to an aromatic ring is 1. The van der Waals surface area contributed by atoms with Crippen molar-refractivity contribution in [1.82, 2.24) is 0 Å². The van der Waals surface area contributed by atoms with Gasteiger partial charge in [-0.15, -0.1) is 0 Å². The summed E-state index contributed by atoms with van der Waals surface area (Å²) in [6, 6.07) is 5.82. The molecule has 0 heterocycles. The molecule has 1 amide bonds. The van der Waals surface area contributed by atoms with Crippen LogP contribution in [0.2, 0.25) is 0 Å². The lowest BCUT2D eigenvalue weighted by atomic mass is 10.1. The molecule has 4 N–H and O–H groups in total. The van der Waals surface area contributed by atoms with E-state index in [1.807, 2.05) is 25.1 Å². The number of nitrogens with two attached hydrogens (primary N) is 2. The summed E-state index contributed by atoms with van der Waals surface area (Å²) in [7, 11) is 0. The third kappa shape index (κ3) is 2.78. The van der Waals surface area contributed by atoms with Crippen molar-refractivity contribution in [2.45, 2.75) is 19.8 Å². The van der Waals surface area contributed by atoms with Crippen LogP contribution in [0.4, 0.5) is 5.69 Å². The van der Waals surface area contributed by atoms with Crippen molar-refractivity contribution in [2.24, 2.45) is 5.73 Å². The number of benzene rings is 1. The van der Waals surface area contributed by atoms with Crippen molar-refractivity contribution in [3.05, 3.63) is 29.3 Å². The quantitative estimate of drug-likeness (QED) is 0.678. The van der Waals surface area contributed by atoms with Crippen molar-refractivity contribution >= 4 is 11.6 Å². The summed E-state index contributed by atoms with van der Waals surface area (Å²) in [5.74, 6) is -0.292. The van der Waals surface area contributed by atoms with Crippen LogP contribution in [0.5, 0.6) is 0 Å². The SMILES string of the molecule is Cc1ccc(CCC(N)=O)c(N)c1. The van der Waals surface area contributed by atoms with Crippen LogP contribution in [0.3, 0.4) is 0 Å². The summed E-state index contributed by atoms with van der Waals surface area (Å²) in [5, 5.41) is 0. The van der Waals surface area contributed by atoms with E-state index in [-0.39, 0.29) is 5.91 Å². The number of aryl methyl sites for hydroxylation is 2. The summed E-state index contributed by atoms with van der Waals surface area (Å²) >= 11 is 0. The molecule has 0 unspecified atom stereocenters. The van der Waals surface area contributed by atoms with E-state index in [1.54, 1.807) is 0 Å². The molecule has 1 aromatic carbocycles. The van der Waals surface area contributed by atoms with Crippen molar-refractivity contribution in [2.75, 3.05) is 5.73 Å². The molecule has 0 radical (unpaired) electrons. The highest BCUT2D eigenvalue weighted by Crippen LogP contribution is 2.15. The Hall–Kier alpha value is -1.51. The maximum Gasteiger partial charge on any atom is 0.217 e. The Morgan fingerprint density at radius 3 is 2.69 bits per heavy atom. The highest BCUT2D eigenvalue weighted by Gasteiger charge is 2.01. The van der Waals surface area contributed by atoms with Crippen molar-refractivity contribution < 1.29 is 4.79 Å². The summed E-state index contributed by atoms with van der Waals surface area (Å²) < 4.78 is 0. The Balaban J connectivity index is 2.72. The van der Waals surface area contributed by atoms with Crippen molar-refractivity contribution in [3.8, 4) is 0 Å². The lowest BCUT2D eigenvalue weighted by Gasteiger charge is -2.04. The Labute approximate surface area is 77.7 Å². The second kappa shape index (κ2) is 3.94. The highest BCUT2D eigenvalue weighted by molar-refractivity contribution is 5.74. The first kappa shape index (κ1) is 9.58. The molecule has 0 saturated heterocycles. The van der Waals surface area contributed by atoms with Gasteiger partial charge in [0.2, 0.25) is 5.91 Å². The zero-order valence-electron chi connectivity index (χ0n) is 7.71. The van der Waals surface area contributed by atoms with Gasteiger partial charge in [0.25, 0.3) is 0 Å². The van der Waals surface area contributed by atoms with Crippen LogP contribution in [0.1, 0.15) is 17.5 Å². The zero-order valence-corrected chi connectivity index (χ0v) is 7.71. The minimum atomic E-state index is -0.292. The van der Waals surface area contributed by atoms with Crippen LogP contribution in [-0.4, -0.2) is 5.91 Å². The van der Waals surface area contributed by atoms with Crippen LogP contribution in [-0.2, 0) is 11.2 Å². The van der Waals surface area contributed by atoms with Crippen LogP contribution >= 0.6 is 0 Å². The minimum absolute atomic E-state index is 0.292. The van der Waals surface area contributed by atoms with Gasteiger partial charge >= 0.3 is 0 Å². The number of anilines is 1. The van der Waals surface area contributed by atoms with Gasteiger partial charge in [-0.25, -0.2) is 0 Å². The largest absolute Gasteiger partial charge is 0.398 e. The Kier molecular flexibility index (Phi) is 2.90. The Morgan fingerprint density at radius 1 is 1.46 bits per heavy atom. The molecule has 0 fully saturated rings. The second-order valence-corrected chi connectivity index (χ2v) is 3.17. The maximum atomic E-state index is 10.5. The van der Waals surface area contributed by atoms with E-state index in [1.165, 1.54) is 0 Å². The van der Waals surface area contributed by atoms with Crippen LogP contribution < -0.4 is 11.5 Å². The molecular weight excluding hydrogens is 164 g/mol. The molecule has 0 saturated carbocycles. The molecule has 0 aliphatic rings. The van der Waals surface area contributed by atoms with Crippen LogP contribution in [0.15, 0.2) is 18.2 Å². The normalized spacial score (nSPS) is 9.92. The van der Waals surface area contributed by atoms with Crippen LogP contribution in [0, 0.1) is 6.92 Å². The predicted octanol–water partition coefficient (Wildman–Crippen LogP) is 0.995. The highest BCUT2D eigenvalue weighted by atomic mass is 16.1. The number of amides is 1. The van der Waals surface area contributed by atoms with Gasteiger partial charge in [0.05, 0.1) is 0 Å². The lowest BCUT2D eigenvalue weighted by Crippen LogP contribution is -2.11. The van der Waals surface area contributed by atoms with E-state index in [2.05, 4.69) is 0 Å². The van der Waals surface area contributed by atoms with E-state index in [0.29, 0.717) is 12.8 Å². The molecule has 70 valence electrons. The van der Waals surface area contributed by atoms with E-state index in [9.17, 15) is 4.79 Å². The minimum Gasteiger partial charge on any atom is -0.398 e. The average molecular weight is 178 g/mol. The number of carbonyl (C=O) groups excluding carboxylic acids is 1. The van der Waals surface area contributed by atoms with Gasteiger partial charge in [0.15, 0.2) is 0 Å². The summed E-state index contributed by atoms with van der Waals surface area (Å²) in [6.45, 7) is 1.98. The van der Waals surface area contributed by atoms with Crippen molar-refractivity contribution in [3.63, 3.8) is 0 Å². The third-order valence-electron chi connectivity index (χ3n) is 1.94. The first-order chi connectivity index (χ1) is 6.09. The first-order valence-corrected chi connectivity index (χ1v) is 4.23. The van der Waals surface area contributed by atoms with Gasteiger partial charge < -0.3 is 11.5 Å². The fourth-order valence-corrected chi connectivity index (χ4v) is 1.20. The topological polar surface area (TPSA) is 69.1 Å². The Morgan fingerprint density at radius 2 is 2.15 bits per heavy atom. The first-order valence-electron chi connectivity index (χ1n) is 4.23. The van der Waals surface area contributed by atoms with E-state index in [4.69, 9.17) is 11.5 Å². The number of primary amides is 1. The summed E-state index contributed by atoms with van der Waals surface area (Å²) in [4.78, 5) is 10.5. The average Bonchev–Trinajstić information content (AvgIpc) is 2.02. The zero-order chi connectivity index (χ0) is 9.84. The third-order valence-corrected chi connectivity index (χ3v) is 1.94. The molecule has 0 bridgehead atoms. The molecule has 3 nitrogen and oxygen atoms in total. The molecule has 0 aliphatic heterocycles. The molecule has 0 atom stereocenters. The molecule has 1 aromatic rings. The summed E-state index contributed by atoms with van der Waals surface area (Å²) in [5.41, 5.74) is 13.6. The van der Waals surface area contributed by atoms with Gasteiger partial charge in [0, 0.05) is 12.1 Å². The van der Waals surface area contributed by atoms with Crippen LogP contribution in [0.25, 0.3) is 0 Å². The predicted molar refractivity (Wildman–Crippen MR) is 53.1 cm³/mol. The van der Waals surface area contributed by atoms with Gasteiger partial charge in [-0.05, 0) is 30.5 Å². The van der Waals surface area contributed by atoms with E-state index >= 15 is 0 Å². The summed E-state index contributed by atoms with van der Waals surface area (Å²) in [6.07, 6.45) is 0.981. The molecule has 13 heavy (non-hydrogen) atoms. The molecule has 0 aliphatic carbocycles. The van der Waals surface area contributed by atoms with Gasteiger partial charge in [-0.1, -0.05) is 12.1 Å². The van der Waals surface area contributed by atoms with E-state index < -0.39 is 0 Å². The lowest BCUT2D eigenvalue weighted by molar-refractivity contribution is -0.117. The molecule has 0 aromatic heterocycles. The number of rotatable bonds is 3. The smallest absolute Gasteiger partial charge is 0.217 e.